The number of amides is 1. The minimum atomic E-state index is 0.0909. The minimum absolute atomic E-state index is 0.0909. The lowest BCUT2D eigenvalue weighted by atomic mass is 9.94. The van der Waals surface area contributed by atoms with Gasteiger partial charge < -0.3 is 15.5 Å². The molecule has 1 atom stereocenters. The zero-order valence-electron chi connectivity index (χ0n) is 23.8. The predicted molar refractivity (Wildman–Crippen MR) is 153 cm³/mol. The molecule has 1 fully saturated rings. The summed E-state index contributed by atoms with van der Waals surface area (Å²) in [4.78, 5) is 18.2. The topological polar surface area (TPSA) is 47.6 Å². The van der Waals surface area contributed by atoms with Gasteiger partial charge in [-0.05, 0) is 114 Å². The molecule has 2 aliphatic heterocycles. The van der Waals surface area contributed by atoms with Crippen LogP contribution in [0.25, 0.3) is 0 Å². The Kier molecular flexibility index (Phi) is 11.1. The summed E-state index contributed by atoms with van der Waals surface area (Å²) in [6.07, 6.45) is 12.5. The van der Waals surface area contributed by atoms with Gasteiger partial charge in [0.2, 0.25) is 0 Å². The van der Waals surface area contributed by atoms with Gasteiger partial charge in [-0.1, -0.05) is 31.6 Å². The van der Waals surface area contributed by atoms with E-state index >= 15 is 0 Å². The molecule has 5 heteroatoms. The molecule has 0 bridgehead atoms. The molecule has 200 valence electrons. The van der Waals surface area contributed by atoms with E-state index in [2.05, 4.69) is 86.5 Å². The van der Waals surface area contributed by atoms with Gasteiger partial charge in [0, 0.05) is 43.5 Å². The molecule has 2 aliphatic rings. The maximum atomic E-state index is 13.0. The molecule has 0 unspecified atom stereocenters. The van der Waals surface area contributed by atoms with E-state index in [9.17, 15) is 4.79 Å². The molecule has 1 amide bonds. The number of likely N-dealkylation sites (N-methyl/N-ethyl adjacent to an activating group) is 1. The van der Waals surface area contributed by atoms with E-state index in [-0.39, 0.29) is 5.91 Å². The Labute approximate surface area is 220 Å². The first-order valence-electron chi connectivity index (χ1n) is 14.2. The van der Waals surface area contributed by atoms with Crippen LogP contribution in [0.5, 0.6) is 0 Å². The molecular formula is C31H50N4O. The normalized spacial score (nSPS) is 18.0. The number of rotatable bonds is 12. The van der Waals surface area contributed by atoms with Gasteiger partial charge in [0.25, 0.3) is 5.91 Å². The van der Waals surface area contributed by atoms with Crippen LogP contribution in [0, 0.1) is 13.8 Å². The SMILES string of the molecule is CCCCc1ccc(C)c(C(=O)NCCC[C@@H](C)N2CCC(N(C)CC3=CNCC=C3C)CC2)c1C. The van der Waals surface area contributed by atoms with Gasteiger partial charge in [-0.15, -0.1) is 0 Å². The summed E-state index contributed by atoms with van der Waals surface area (Å²) in [5.74, 6) is 0.0909. The second kappa shape index (κ2) is 14.0. The number of hydrogen-bond acceptors (Lipinski definition) is 4. The number of aryl methyl sites for hydroxylation is 2. The van der Waals surface area contributed by atoms with Crippen LogP contribution in [-0.4, -0.2) is 67.6 Å². The highest BCUT2D eigenvalue weighted by Gasteiger charge is 2.25. The van der Waals surface area contributed by atoms with E-state index < -0.39 is 0 Å². The molecule has 0 saturated carbocycles. The van der Waals surface area contributed by atoms with Crippen molar-refractivity contribution < 1.29 is 4.79 Å². The fourth-order valence-electron chi connectivity index (χ4n) is 5.72. The number of carbonyl (C=O) groups is 1. The molecule has 2 heterocycles. The van der Waals surface area contributed by atoms with Crippen LogP contribution in [0.4, 0.5) is 0 Å². The summed E-state index contributed by atoms with van der Waals surface area (Å²) in [5, 5.41) is 6.56. The molecule has 1 saturated heterocycles. The minimum Gasteiger partial charge on any atom is -0.387 e. The van der Waals surface area contributed by atoms with Gasteiger partial charge in [-0.25, -0.2) is 0 Å². The van der Waals surface area contributed by atoms with E-state index in [4.69, 9.17) is 0 Å². The lowest BCUT2D eigenvalue weighted by Crippen LogP contribution is -2.47. The third-order valence-electron chi connectivity index (χ3n) is 8.37. The molecule has 0 spiro atoms. The largest absolute Gasteiger partial charge is 0.387 e. The fraction of sp³-hybridized carbons (Fsp3) is 0.645. The zero-order valence-corrected chi connectivity index (χ0v) is 23.8. The second-order valence-electron chi connectivity index (χ2n) is 11.0. The van der Waals surface area contributed by atoms with Crippen molar-refractivity contribution in [3.05, 3.63) is 57.8 Å². The van der Waals surface area contributed by atoms with Crippen molar-refractivity contribution >= 4 is 5.91 Å². The average molecular weight is 495 g/mol. The zero-order chi connectivity index (χ0) is 26.1. The molecule has 1 aromatic rings. The molecule has 0 radical (unpaired) electrons. The van der Waals surface area contributed by atoms with Crippen molar-refractivity contribution in [3.8, 4) is 0 Å². The van der Waals surface area contributed by atoms with Crippen LogP contribution in [-0.2, 0) is 6.42 Å². The number of dihydropyridines is 1. The Morgan fingerprint density at radius 3 is 2.64 bits per heavy atom. The van der Waals surface area contributed by atoms with Gasteiger partial charge in [-0.2, -0.15) is 0 Å². The monoisotopic (exact) mass is 494 g/mol. The maximum absolute atomic E-state index is 13.0. The van der Waals surface area contributed by atoms with E-state index in [1.807, 2.05) is 0 Å². The first-order chi connectivity index (χ1) is 17.3. The Morgan fingerprint density at radius 1 is 1.19 bits per heavy atom. The van der Waals surface area contributed by atoms with Crippen molar-refractivity contribution in [1.29, 1.82) is 0 Å². The summed E-state index contributed by atoms with van der Waals surface area (Å²) in [6.45, 7) is 16.0. The first-order valence-corrected chi connectivity index (χ1v) is 14.2. The third kappa shape index (κ3) is 7.69. The van der Waals surface area contributed by atoms with Crippen LogP contribution >= 0.6 is 0 Å². The number of hydrogen-bond donors (Lipinski definition) is 2. The van der Waals surface area contributed by atoms with Crippen molar-refractivity contribution in [2.75, 3.05) is 39.8 Å². The smallest absolute Gasteiger partial charge is 0.251 e. The molecule has 2 N–H and O–H groups in total. The highest BCUT2D eigenvalue weighted by atomic mass is 16.1. The van der Waals surface area contributed by atoms with E-state index in [1.165, 1.54) is 42.4 Å². The van der Waals surface area contributed by atoms with Gasteiger partial charge >= 0.3 is 0 Å². The van der Waals surface area contributed by atoms with Gasteiger partial charge in [-0.3, -0.25) is 9.69 Å². The molecule has 5 nitrogen and oxygen atoms in total. The molecule has 0 aliphatic carbocycles. The number of likely N-dealkylation sites (tertiary alicyclic amines) is 1. The van der Waals surface area contributed by atoms with Crippen LogP contribution in [0.1, 0.15) is 86.3 Å². The lowest BCUT2D eigenvalue weighted by Gasteiger charge is -2.40. The highest BCUT2D eigenvalue weighted by molar-refractivity contribution is 5.97. The number of nitrogens with one attached hydrogen (secondary N) is 2. The molecule has 36 heavy (non-hydrogen) atoms. The van der Waals surface area contributed by atoms with E-state index in [1.54, 1.807) is 0 Å². The summed E-state index contributed by atoms with van der Waals surface area (Å²) >= 11 is 0. The Bertz CT molecular complexity index is 927. The van der Waals surface area contributed by atoms with Gasteiger partial charge in [0.15, 0.2) is 0 Å². The van der Waals surface area contributed by atoms with E-state index in [0.717, 1.165) is 68.7 Å². The van der Waals surface area contributed by atoms with Crippen molar-refractivity contribution in [1.82, 2.24) is 20.4 Å². The molecule has 1 aromatic carbocycles. The van der Waals surface area contributed by atoms with Crippen LogP contribution in [0.3, 0.4) is 0 Å². The summed E-state index contributed by atoms with van der Waals surface area (Å²) in [7, 11) is 2.28. The fourth-order valence-corrected chi connectivity index (χ4v) is 5.72. The summed E-state index contributed by atoms with van der Waals surface area (Å²) in [5.41, 5.74) is 7.26. The Balaban J connectivity index is 1.39. The van der Waals surface area contributed by atoms with Crippen LogP contribution < -0.4 is 10.6 Å². The average Bonchev–Trinajstić information content (AvgIpc) is 2.87. The maximum Gasteiger partial charge on any atom is 0.251 e. The van der Waals surface area contributed by atoms with Crippen molar-refractivity contribution in [3.63, 3.8) is 0 Å². The van der Waals surface area contributed by atoms with Gasteiger partial charge in [0.05, 0.1) is 0 Å². The third-order valence-corrected chi connectivity index (χ3v) is 8.37. The summed E-state index contributed by atoms with van der Waals surface area (Å²) in [6, 6.07) is 5.52. The van der Waals surface area contributed by atoms with Crippen LogP contribution in [0.15, 0.2) is 35.6 Å². The quantitative estimate of drug-likeness (QED) is 0.383. The van der Waals surface area contributed by atoms with Crippen LogP contribution in [0.2, 0.25) is 0 Å². The predicted octanol–water partition coefficient (Wildman–Crippen LogP) is 5.37. The number of benzene rings is 1. The number of nitrogens with zero attached hydrogens (tertiary/aromatic N) is 2. The number of piperidine rings is 1. The molecular weight excluding hydrogens is 444 g/mol. The van der Waals surface area contributed by atoms with Crippen molar-refractivity contribution in [2.24, 2.45) is 0 Å². The standard InChI is InChI=1S/C31H50N4O/c1-7-8-11-27-13-12-24(3)30(26(27)5)31(36)33-17-9-10-25(4)35-19-15-29(16-20-35)34(6)22-28-21-32-18-14-23(28)2/h12-14,21,25,29,32H,7-11,15-20,22H2,1-6H3,(H,33,36)/t25-/m1/s1. The Morgan fingerprint density at radius 2 is 1.94 bits per heavy atom. The van der Waals surface area contributed by atoms with Gasteiger partial charge in [0.1, 0.15) is 0 Å². The number of carbonyl (C=O) groups excluding carboxylic acids is 1. The molecule has 3 rings (SSSR count). The highest BCUT2D eigenvalue weighted by Crippen LogP contribution is 2.22. The van der Waals surface area contributed by atoms with E-state index in [0.29, 0.717) is 12.1 Å². The number of unbranched alkanes of at least 4 members (excludes halogenated alkanes) is 1. The first kappa shape index (κ1) is 28.5. The summed E-state index contributed by atoms with van der Waals surface area (Å²) < 4.78 is 0. The molecule has 0 aromatic heterocycles. The Hall–Kier alpha value is -2.11. The van der Waals surface area contributed by atoms with Crippen molar-refractivity contribution in [2.45, 2.75) is 91.6 Å². The lowest BCUT2D eigenvalue weighted by molar-refractivity contribution is 0.0940. The second-order valence-corrected chi connectivity index (χ2v) is 11.0.